The van der Waals surface area contributed by atoms with Crippen molar-refractivity contribution in [1.29, 1.82) is 0 Å². The smallest absolute Gasteiger partial charge is 0.229 e. The van der Waals surface area contributed by atoms with Crippen molar-refractivity contribution in [2.75, 3.05) is 12.4 Å². The second-order valence-electron chi connectivity index (χ2n) is 7.49. The molecule has 0 aliphatic carbocycles. The van der Waals surface area contributed by atoms with E-state index in [0.29, 0.717) is 5.95 Å². The van der Waals surface area contributed by atoms with E-state index >= 15 is 0 Å². The number of carbonyl (C=O) groups is 1. The third kappa shape index (κ3) is 5.89. The van der Waals surface area contributed by atoms with Crippen LogP contribution in [0.25, 0.3) is 16.6 Å². The van der Waals surface area contributed by atoms with E-state index in [2.05, 4.69) is 72.3 Å². The molecule has 0 fully saturated rings. The van der Waals surface area contributed by atoms with Gasteiger partial charge in [0.2, 0.25) is 11.9 Å². The number of rotatable bonds is 9. The molecule has 0 aliphatic heterocycles. The Morgan fingerprint density at radius 1 is 1.31 bits per heavy atom. The quantitative estimate of drug-likeness (QED) is 0.566. The molecule has 5 heteroatoms. The number of benzene rings is 1. The van der Waals surface area contributed by atoms with Gasteiger partial charge in [-0.15, -0.1) is 0 Å². The molecule has 0 unspecified atom stereocenters. The van der Waals surface area contributed by atoms with E-state index in [9.17, 15) is 4.79 Å². The van der Waals surface area contributed by atoms with Crippen LogP contribution in [0.5, 0.6) is 0 Å². The predicted molar refractivity (Wildman–Crippen MR) is 122 cm³/mol. The van der Waals surface area contributed by atoms with Gasteiger partial charge in [-0.05, 0) is 38.3 Å². The second-order valence-corrected chi connectivity index (χ2v) is 7.49. The molecule has 1 amide bonds. The van der Waals surface area contributed by atoms with Crippen molar-refractivity contribution in [3.63, 3.8) is 0 Å². The molecule has 1 atom stereocenters. The van der Waals surface area contributed by atoms with Crippen LogP contribution in [0.3, 0.4) is 0 Å². The van der Waals surface area contributed by atoms with Crippen LogP contribution < -0.4 is 5.32 Å². The van der Waals surface area contributed by atoms with Gasteiger partial charge in [0.25, 0.3) is 0 Å². The number of nitrogens with one attached hydrogen (secondary N) is 1. The minimum absolute atomic E-state index is 0.0249. The van der Waals surface area contributed by atoms with Gasteiger partial charge in [0, 0.05) is 35.9 Å². The van der Waals surface area contributed by atoms with Gasteiger partial charge in [-0.3, -0.25) is 10.1 Å². The lowest BCUT2D eigenvalue weighted by Crippen LogP contribution is -2.21. The molecule has 0 saturated carbocycles. The highest BCUT2D eigenvalue weighted by atomic mass is 16.2. The van der Waals surface area contributed by atoms with Crippen molar-refractivity contribution >= 4 is 28.5 Å². The first-order valence-corrected chi connectivity index (χ1v) is 10.6. The average molecular weight is 395 g/mol. The van der Waals surface area contributed by atoms with Crippen molar-refractivity contribution in [2.45, 2.75) is 60.3 Å². The topological polar surface area (TPSA) is 58.1 Å². The monoisotopic (exact) mass is 394 g/mol. The summed E-state index contributed by atoms with van der Waals surface area (Å²) < 4.78 is 0. The number of amides is 1. The molecule has 2 aromatic rings. The SMILES string of the molecule is C/C=C(/c1ccc2cnc(NC(=O)[C@@H](C)CCCC)nc2c1)N(C)/C(C)=C/CC. The number of aromatic nitrogens is 2. The maximum absolute atomic E-state index is 12.4. The van der Waals surface area contributed by atoms with Crippen molar-refractivity contribution in [3.05, 3.63) is 47.8 Å². The number of unbranched alkanes of at least 4 members (excludes halogenated alkanes) is 1. The zero-order valence-electron chi connectivity index (χ0n) is 18.6. The van der Waals surface area contributed by atoms with E-state index in [4.69, 9.17) is 0 Å². The highest BCUT2D eigenvalue weighted by Gasteiger charge is 2.14. The molecular weight excluding hydrogens is 360 g/mol. The molecule has 1 N–H and O–H groups in total. The molecule has 0 bridgehead atoms. The van der Waals surface area contributed by atoms with Gasteiger partial charge in [0.05, 0.1) is 5.52 Å². The molecule has 5 nitrogen and oxygen atoms in total. The number of carbonyl (C=O) groups excluding carboxylic acids is 1. The predicted octanol–water partition coefficient (Wildman–Crippen LogP) is 6.00. The van der Waals surface area contributed by atoms with E-state index in [0.717, 1.165) is 47.8 Å². The van der Waals surface area contributed by atoms with E-state index < -0.39 is 0 Å². The van der Waals surface area contributed by atoms with E-state index in [1.807, 2.05) is 19.9 Å². The number of fused-ring (bicyclic) bond motifs is 1. The molecule has 1 aromatic heterocycles. The first kappa shape index (κ1) is 22.6. The summed E-state index contributed by atoms with van der Waals surface area (Å²) in [4.78, 5) is 23.5. The summed E-state index contributed by atoms with van der Waals surface area (Å²) in [6.07, 6.45) is 10.1. The van der Waals surface area contributed by atoms with Gasteiger partial charge < -0.3 is 4.90 Å². The number of nitrogens with zero attached hydrogens (tertiary/aromatic N) is 3. The molecule has 2 rings (SSSR count). The lowest BCUT2D eigenvalue weighted by atomic mass is 10.0. The summed E-state index contributed by atoms with van der Waals surface area (Å²) in [7, 11) is 2.07. The fourth-order valence-electron chi connectivity index (χ4n) is 3.29. The first-order valence-electron chi connectivity index (χ1n) is 10.6. The fraction of sp³-hybridized carbons (Fsp3) is 0.458. The highest BCUT2D eigenvalue weighted by Crippen LogP contribution is 2.25. The Bertz CT molecular complexity index is 901. The van der Waals surface area contributed by atoms with Gasteiger partial charge in [-0.1, -0.05) is 57.9 Å². The molecule has 0 saturated heterocycles. The number of hydrogen-bond acceptors (Lipinski definition) is 4. The molecule has 0 aliphatic rings. The number of hydrogen-bond donors (Lipinski definition) is 1. The number of allylic oxidation sites excluding steroid dienone is 3. The summed E-state index contributed by atoms with van der Waals surface area (Å²) in [5.74, 6) is 0.292. The zero-order valence-corrected chi connectivity index (χ0v) is 18.6. The Labute approximate surface area is 174 Å². The molecule has 0 radical (unpaired) electrons. The van der Waals surface area contributed by atoms with Gasteiger partial charge >= 0.3 is 0 Å². The minimum atomic E-state index is -0.0443. The van der Waals surface area contributed by atoms with Crippen LogP contribution in [0.4, 0.5) is 5.95 Å². The molecule has 1 heterocycles. The van der Waals surface area contributed by atoms with E-state index in [-0.39, 0.29) is 11.8 Å². The minimum Gasteiger partial charge on any atom is -0.349 e. The Morgan fingerprint density at radius 2 is 2.07 bits per heavy atom. The summed E-state index contributed by atoms with van der Waals surface area (Å²) in [5, 5.41) is 3.82. The molecular formula is C24H34N4O. The van der Waals surface area contributed by atoms with Crippen molar-refractivity contribution in [2.24, 2.45) is 5.92 Å². The van der Waals surface area contributed by atoms with Crippen LogP contribution in [0.1, 0.15) is 65.9 Å². The maximum Gasteiger partial charge on any atom is 0.229 e. The summed E-state index contributed by atoms with van der Waals surface area (Å²) in [6, 6.07) is 6.16. The van der Waals surface area contributed by atoms with Gasteiger partial charge in [-0.2, -0.15) is 0 Å². The highest BCUT2D eigenvalue weighted by molar-refractivity contribution is 5.92. The van der Waals surface area contributed by atoms with Gasteiger partial charge in [-0.25, -0.2) is 9.97 Å². The van der Waals surface area contributed by atoms with Crippen LogP contribution in [-0.4, -0.2) is 27.8 Å². The Hall–Kier alpha value is -2.69. The van der Waals surface area contributed by atoms with Gasteiger partial charge in [0.15, 0.2) is 0 Å². The average Bonchev–Trinajstić information content (AvgIpc) is 2.72. The Kier molecular flexibility index (Phi) is 8.37. The van der Waals surface area contributed by atoms with Crippen LogP contribution in [0.2, 0.25) is 0 Å². The standard InChI is InChI=1S/C24H34N4O/c1-7-10-12-17(4)23(29)27-24-25-16-20-14-13-19(15-21(20)26-24)22(9-3)28(6)18(5)11-8-2/h9,11,13-17H,7-8,10,12H2,1-6H3,(H,25,26,27,29)/b18-11+,22-9-/t17-/m0/s1. The zero-order chi connectivity index (χ0) is 21.4. The fourth-order valence-corrected chi connectivity index (χ4v) is 3.29. The van der Waals surface area contributed by atoms with Crippen LogP contribution in [-0.2, 0) is 4.79 Å². The number of anilines is 1. The lowest BCUT2D eigenvalue weighted by molar-refractivity contribution is -0.119. The Morgan fingerprint density at radius 3 is 2.72 bits per heavy atom. The molecule has 0 spiro atoms. The molecule has 29 heavy (non-hydrogen) atoms. The van der Waals surface area contributed by atoms with Crippen molar-refractivity contribution in [1.82, 2.24) is 14.9 Å². The van der Waals surface area contributed by atoms with E-state index in [1.54, 1.807) is 6.20 Å². The normalized spacial score (nSPS) is 13.4. The maximum atomic E-state index is 12.4. The summed E-state index contributed by atoms with van der Waals surface area (Å²) in [6.45, 7) is 10.4. The first-order chi connectivity index (χ1) is 13.9. The largest absolute Gasteiger partial charge is 0.349 e. The third-order valence-electron chi connectivity index (χ3n) is 5.22. The van der Waals surface area contributed by atoms with Crippen molar-refractivity contribution in [3.8, 4) is 0 Å². The van der Waals surface area contributed by atoms with Crippen LogP contribution in [0.15, 0.2) is 42.2 Å². The van der Waals surface area contributed by atoms with Crippen LogP contribution >= 0.6 is 0 Å². The van der Waals surface area contributed by atoms with E-state index in [1.165, 1.54) is 5.70 Å². The third-order valence-corrected chi connectivity index (χ3v) is 5.22. The Balaban J connectivity index is 2.28. The summed E-state index contributed by atoms with van der Waals surface area (Å²) >= 11 is 0. The van der Waals surface area contributed by atoms with Gasteiger partial charge in [0.1, 0.15) is 0 Å². The van der Waals surface area contributed by atoms with Crippen molar-refractivity contribution < 1.29 is 4.79 Å². The lowest BCUT2D eigenvalue weighted by Gasteiger charge is -2.24. The molecule has 156 valence electrons. The molecule has 1 aromatic carbocycles. The second kappa shape index (κ2) is 10.7. The van der Waals surface area contributed by atoms with Crippen LogP contribution in [0, 0.1) is 5.92 Å². The summed E-state index contributed by atoms with van der Waals surface area (Å²) in [5.41, 5.74) is 4.22.